The van der Waals surface area contributed by atoms with E-state index in [2.05, 4.69) is 6.92 Å². The summed E-state index contributed by atoms with van der Waals surface area (Å²) >= 11 is 7.10. The molecule has 0 spiro atoms. The molecule has 0 aromatic carbocycles. The Balaban J connectivity index is 2.18. The van der Waals surface area contributed by atoms with Crippen molar-refractivity contribution in [3.8, 4) is 0 Å². The number of hydrogen-bond acceptors (Lipinski definition) is 3. The van der Waals surface area contributed by atoms with Crippen LogP contribution in [0.4, 0.5) is 0 Å². The van der Waals surface area contributed by atoms with E-state index in [1.54, 1.807) is 15.8 Å². The van der Waals surface area contributed by atoms with Gasteiger partial charge in [-0.25, -0.2) is 8.42 Å². The van der Waals surface area contributed by atoms with Crippen molar-refractivity contribution >= 4 is 33.0 Å². The lowest BCUT2D eigenvalue weighted by molar-refractivity contribution is 0.288. The minimum atomic E-state index is -3.29. The third-order valence-electron chi connectivity index (χ3n) is 3.14. The average molecular weight is 294 g/mol. The molecule has 1 fully saturated rings. The summed E-state index contributed by atoms with van der Waals surface area (Å²) in [5.41, 5.74) is 0. The lowest BCUT2D eigenvalue weighted by Crippen LogP contribution is -2.37. The van der Waals surface area contributed by atoms with Crippen LogP contribution >= 0.6 is 22.9 Å². The highest BCUT2D eigenvalue weighted by atomic mass is 35.5. The molecule has 96 valence electrons. The smallest absolute Gasteiger partial charge is 0.207 e. The number of rotatable bonds is 3. The number of piperidine rings is 1. The van der Waals surface area contributed by atoms with E-state index in [9.17, 15) is 8.42 Å². The van der Waals surface area contributed by atoms with E-state index in [0.29, 0.717) is 29.8 Å². The van der Waals surface area contributed by atoms with Crippen LogP contribution in [0.15, 0.2) is 16.3 Å². The molecule has 0 N–H and O–H groups in total. The maximum absolute atomic E-state index is 12.3. The molecule has 0 saturated carbocycles. The monoisotopic (exact) mass is 293 g/mol. The fourth-order valence-corrected chi connectivity index (χ4v) is 4.79. The number of nitrogens with zero attached hydrogens (tertiary/aromatic N) is 1. The average Bonchev–Trinajstić information content (AvgIpc) is 2.78. The van der Waals surface area contributed by atoms with Crippen LogP contribution in [0.5, 0.6) is 0 Å². The van der Waals surface area contributed by atoms with Gasteiger partial charge in [0.15, 0.2) is 0 Å². The Labute approximate surface area is 111 Å². The quantitative estimate of drug-likeness (QED) is 0.804. The van der Waals surface area contributed by atoms with Crippen LogP contribution < -0.4 is 0 Å². The fraction of sp³-hybridized carbons (Fsp3) is 0.636. The second kappa shape index (κ2) is 5.26. The first-order chi connectivity index (χ1) is 8.04. The molecule has 1 aromatic heterocycles. The van der Waals surface area contributed by atoms with E-state index in [-0.39, 0.29) is 0 Å². The van der Waals surface area contributed by atoms with Crippen LogP contribution in [0, 0.1) is 5.92 Å². The molecule has 17 heavy (non-hydrogen) atoms. The minimum Gasteiger partial charge on any atom is -0.207 e. The van der Waals surface area contributed by atoms with Gasteiger partial charge in [-0.1, -0.05) is 6.92 Å². The number of halogens is 1. The molecule has 0 bridgehead atoms. The van der Waals surface area contributed by atoms with Crippen LogP contribution in [-0.2, 0) is 15.9 Å². The first-order valence-electron chi connectivity index (χ1n) is 5.67. The summed E-state index contributed by atoms with van der Waals surface area (Å²) in [6, 6.07) is 1.69. The van der Waals surface area contributed by atoms with Gasteiger partial charge in [0.05, 0.1) is 10.8 Å². The highest BCUT2D eigenvalue weighted by molar-refractivity contribution is 7.89. The first-order valence-corrected chi connectivity index (χ1v) is 8.53. The van der Waals surface area contributed by atoms with Crippen LogP contribution in [-0.4, -0.2) is 25.8 Å². The van der Waals surface area contributed by atoms with E-state index in [1.165, 1.54) is 11.3 Å². The normalized spacial score (nSPS) is 19.6. The zero-order chi connectivity index (χ0) is 12.5. The van der Waals surface area contributed by atoms with Crippen molar-refractivity contribution in [3.05, 3.63) is 16.3 Å². The Morgan fingerprint density at radius 1 is 1.47 bits per heavy atom. The Morgan fingerprint density at radius 3 is 2.65 bits per heavy atom. The lowest BCUT2D eigenvalue weighted by atomic mass is 10.0. The van der Waals surface area contributed by atoms with Gasteiger partial charge in [-0.3, -0.25) is 0 Å². The molecule has 1 saturated heterocycles. The third kappa shape index (κ3) is 2.84. The summed E-state index contributed by atoms with van der Waals surface area (Å²) in [7, 11) is -3.29. The van der Waals surface area contributed by atoms with Crippen LogP contribution in [0.3, 0.4) is 0 Å². The van der Waals surface area contributed by atoms with Gasteiger partial charge in [0.2, 0.25) is 10.0 Å². The van der Waals surface area contributed by atoms with Gasteiger partial charge in [-0.2, -0.15) is 4.31 Å². The minimum absolute atomic E-state index is 0.372. The van der Waals surface area contributed by atoms with Crippen molar-refractivity contribution < 1.29 is 8.42 Å². The van der Waals surface area contributed by atoms with Gasteiger partial charge in [0.25, 0.3) is 0 Å². The predicted molar refractivity (Wildman–Crippen MR) is 71.0 cm³/mol. The summed E-state index contributed by atoms with van der Waals surface area (Å²) in [5.74, 6) is 0.999. The Hall–Kier alpha value is -0.100. The number of alkyl halides is 1. The molecular formula is C11H16ClNO2S2. The van der Waals surface area contributed by atoms with E-state index < -0.39 is 10.0 Å². The maximum Gasteiger partial charge on any atom is 0.243 e. The van der Waals surface area contributed by atoms with Crippen LogP contribution in [0.1, 0.15) is 24.6 Å². The number of sulfonamides is 1. The van der Waals surface area contributed by atoms with Gasteiger partial charge in [-0.15, -0.1) is 22.9 Å². The molecule has 2 rings (SSSR count). The molecule has 6 heteroatoms. The predicted octanol–water partition coefficient (Wildman–Crippen LogP) is 2.91. The van der Waals surface area contributed by atoms with Crippen LogP contribution in [0.2, 0.25) is 0 Å². The molecule has 0 amide bonds. The molecule has 0 radical (unpaired) electrons. The van der Waals surface area contributed by atoms with Gasteiger partial charge in [0, 0.05) is 23.3 Å². The highest BCUT2D eigenvalue weighted by Crippen LogP contribution is 2.27. The summed E-state index contributed by atoms with van der Waals surface area (Å²) in [6.45, 7) is 3.44. The maximum atomic E-state index is 12.3. The van der Waals surface area contributed by atoms with Gasteiger partial charge in [0.1, 0.15) is 0 Å². The zero-order valence-electron chi connectivity index (χ0n) is 9.73. The van der Waals surface area contributed by atoms with Crippen molar-refractivity contribution in [1.82, 2.24) is 4.31 Å². The van der Waals surface area contributed by atoms with Gasteiger partial charge < -0.3 is 0 Å². The van der Waals surface area contributed by atoms with Crippen molar-refractivity contribution in [2.75, 3.05) is 13.1 Å². The van der Waals surface area contributed by atoms with Crippen LogP contribution in [0.25, 0.3) is 0 Å². The van der Waals surface area contributed by atoms with Gasteiger partial charge >= 0.3 is 0 Å². The molecule has 3 nitrogen and oxygen atoms in total. The lowest BCUT2D eigenvalue weighted by Gasteiger charge is -2.29. The molecule has 1 aliphatic rings. The largest absolute Gasteiger partial charge is 0.243 e. The zero-order valence-corrected chi connectivity index (χ0v) is 12.1. The van der Waals surface area contributed by atoms with Crippen molar-refractivity contribution in [1.29, 1.82) is 0 Å². The molecule has 1 aliphatic heterocycles. The summed E-state index contributed by atoms with van der Waals surface area (Å²) in [4.78, 5) is 1.29. The molecule has 0 atom stereocenters. The summed E-state index contributed by atoms with van der Waals surface area (Å²) < 4.78 is 26.2. The Morgan fingerprint density at radius 2 is 2.12 bits per heavy atom. The summed E-state index contributed by atoms with van der Waals surface area (Å²) in [6.07, 6.45) is 1.90. The Kier molecular flexibility index (Phi) is 4.13. The molecule has 0 aliphatic carbocycles. The van der Waals surface area contributed by atoms with E-state index >= 15 is 0 Å². The fourth-order valence-electron chi connectivity index (χ4n) is 1.94. The molecule has 2 heterocycles. The van der Waals surface area contributed by atoms with Crippen molar-refractivity contribution in [3.63, 3.8) is 0 Å². The number of hydrogen-bond donors (Lipinski definition) is 0. The summed E-state index contributed by atoms with van der Waals surface area (Å²) in [5, 5.41) is 1.69. The van der Waals surface area contributed by atoms with E-state index in [1.807, 2.05) is 0 Å². The highest BCUT2D eigenvalue weighted by Gasteiger charge is 2.28. The molecule has 0 unspecified atom stereocenters. The molecular weight excluding hydrogens is 278 g/mol. The second-order valence-corrected chi connectivity index (χ2v) is 7.67. The number of thiophene rings is 1. The molecule has 1 aromatic rings. The van der Waals surface area contributed by atoms with Crippen molar-refractivity contribution in [2.45, 2.75) is 30.5 Å². The first kappa shape index (κ1) is 13.3. The standard InChI is InChI=1S/C11H16ClNO2S2/c1-9-2-4-13(5-3-9)17(14,15)11-6-10(7-12)16-8-11/h6,8-9H,2-5,7H2,1H3. The van der Waals surface area contributed by atoms with Crippen molar-refractivity contribution in [2.24, 2.45) is 5.92 Å². The topological polar surface area (TPSA) is 37.4 Å². The second-order valence-electron chi connectivity index (χ2n) is 4.47. The van der Waals surface area contributed by atoms with E-state index in [4.69, 9.17) is 11.6 Å². The third-order valence-corrected chi connectivity index (χ3v) is 6.55. The Bertz CT molecular complexity index is 475. The van der Waals surface area contributed by atoms with Gasteiger partial charge in [-0.05, 0) is 24.8 Å². The van der Waals surface area contributed by atoms with E-state index in [0.717, 1.165) is 17.7 Å². The SMILES string of the molecule is CC1CCN(S(=O)(=O)c2csc(CCl)c2)CC1.